The minimum atomic E-state index is -0.400. The first-order valence-corrected chi connectivity index (χ1v) is 10.3. The van der Waals surface area contributed by atoms with Crippen molar-refractivity contribution in [2.45, 2.75) is 45.4 Å². The van der Waals surface area contributed by atoms with Gasteiger partial charge in [0.1, 0.15) is 0 Å². The van der Waals surface area contributed by atoms with Crippen molar-refractivity contribution >= 4 is 39.9 Å². The van der Waals surface area contributed by atoms with Crippen LogP contribution in [0.15, 0.2) is 54.6 Å². The summed E-state index contributed by atoms with van der Waals surface area (Å²) in [6, 6.07) is 18.0. The number of nitrogens with one attached hydrogen (secondary N) is 1. The molecule has 6 heteroatoms. The van der Waals surface area contributed by atoms with E-state index in [1.807, 2.05) is 82.3 Å². The van der Waals surface area contributed by atoms with Gasteiger partial charge in [-0.25, -0.2) is 0 Å². The lowest BCUT2D eigenvalue weighted by atomic mass is 9.78. The first-order valence-electron chi connectivity index (χ1n) is 9.46. The summed E-state index contributed by atoms with van der Waals surface area (Å²) in [5.74, 6) is -0.0535. The SMILES string of the molecule is CC1(C)OB(c2cccc(CNC(=O)c3cc4ccccc4s3)c2)OC1(C)C. The Labute approximate surface area is 170 Å². The Morgan fingerprint density at radius 3 is 2.43 bits per heavy atom. The van der Waals surface area contributed by atoms with Crippen molar-refractivity contribution in [1.82, 2.24) is 5.32 Å². The smallest absolute Gasteiger partial charge is 0.399 e. The number of thiophene rings is 1. The zero-order valence-electron chi connectivity index (χ0n) is 16.6. The van der Waals surface area contributed by atoms with Crippen LogP contribution in [0, 0.1) is 0 Å². The maximum absolute atomic E-state index is 12.5. The van der Waals surface area contributed by atoms with E-state index < -0.39 is 7.12 Å². The number of rotatable bonds is 4. The summed E-state index contributed by atoms with van der Waals surface area (Å²) in [7, 11) is -0.400. The molecule has 3 aromatic rings. The van der Waals surface area contributed by atoms with Crippen LogP contribution >= 0.6 is 11.3 Å². The Hall–Kier alpha value is -2.15. The van der Waals surface area contributed by atoms with E-state index >= 15 is 0 Å². The lowest BCUT2D eigenvalue weighted by Gasteiger charge is -2.32. The molecule has 1 amide bonds. The second kappa shape index (κ2) is 7.03. The number of fused-ring (bicyclic) bond motifs is 1. The monoisotopic (exact) mass is 393 g/mol. The predicted octanol–water partition coefficient (Wildman–Crippen LogP) is 4.13. The van der Waals surface area contributed by atoms with Gasteiger partial charge in [0.05, 0.1) is 16.1 Å². The summed E-state index contributed by atoms with van der Waals surface area (Å²) in [5, 5.41) is 4.11. The van der Waals surface area contributed by atoms with Crippen molar-refractivity contribution in [3.63, 3.8) is 0 Å². The number of hydrogen-bond donors (Lipinski definition) is 1. The van der Waals surface area contributed by atoms with Gasteiger partial charge in [0, 0.05) is 11.2 Å². The predicted molar refractivity (Wildman–Crippen MR) is 115 cm³/mol. The quantitative estimate of drug-likeness (QED) is 0.678. The van der Waals surface area contributed by atoms with Gasteiger partial charge in [-0.1, -0.05) is 42.5 Å². The van der Waals surface area contributed by atoms with Crippen molar-refractivity contribution < 1.29 is 14.1 Å². The van der Waals surface area contributed by atoms with E-state index in [-0.39, 0.29) is 17.1 Å². The molecule has 0 bridgehead atoms. The van der Waals surface area contributed by atoms with E-state index in [9.17, 15) is 4.79 Å². The largest absolute Gasteiger partial charge is 0.494 e. The Balaban J connectivity index is 1.45. The summed E-state index contributed by atoms with van der Waals surface area (Å²) in [6.45, 7) is 8.63. The van der Waals surface area contributed by atoms with Gasteiger partial charge >= 0.3 is 7.12 Å². The molecule has 1 aliphatic rings. The van der Waals surface area contributed by atoms with Crippen LogP contribution in [0.25, 0.3) is 10.1 Å². The number of amides is 1. The normalized spacial score (nSPS) is 17.8. The summed E-state index contributed by atoms with van der Waals surface area (Å²) >= 11 is 1.51. The molecule has 0 atom stereocenters. The third-order valence-electron chi connectivity index (χ3n) is 5.58. The van der Waals surface area contributed by atoms with E-state index in [2.05, 4.69) is 5.32 Å². The van der Waals surface area contributed by atoms with Gasteiger partial charge < -0.3 is 14.6 Å². The van der Waals surface area contributed by atoms with Gasteiger partial charge in [-0.05, 0) is 56.2 Å². The van der Waals surface area contributed by atoms with Crippen LogP contribution in [0.4, 0.5) is 0 Å². The van der Waals surface area contributed by atoms with E-state index in [1.165, 1.54) is 11.3 Å². The Bertz CT molecular complexity index is 978. The van der Waals surface area contributed by atoms with Gasteiger partial charge in [0.2, 0.25) is 0 Å². The van der Waals surface area contributed by atoms with Crippen LogP contribution in [0.2, 0.25) is 0 Å². The fourth-order valence-corrected chi connectivity index (χ4v) is 4.17. The van der Waals surface area contributed by atoms with Crippen molar-refractivity contribution in [3.8, 4) is 0 Å². The maximum Gasteiger partial charge on any atom is 0.494 e. The van der Waals surface area contributed by atoms with Gasteiger partial charge in [0.25, 0.3) is 5.91 Å². The lowest BCUT2D eigenvalue weighted by Crippen LogP contribution is -2.41. The standard InChI is InChI=1S/C22H24BNO3S/c1-21(2)22(3,4)27-23(26-21)17-10-7-8-15(12-17)14-24-20(25)19-13-16-9-5-6-11-18(16)28-19/h5-13H,14H2,1-4H3,(H,24,25). The fourth-order valence-electron chi connectivity index (χ4n) is 3.19. The van der Waals surface area contributed by atoms with Crippen molar-refractivity contribution in [1.29, 1.82) is 0 Å². The molecule has 4 rings (SSSR count). The highest BCUT2D eigenvalue weighted by molar-refractivity contribution is 7.20. The molecule has 2 heterocycles. The highest BCUT2D eigenvalue weighted by atomic mass is 32.1. The molecule has 0 saturated carbocycles. The first-order chi connectivity index (χ1) is 13.2. The summed E-state index contributed by atoms with van der Waals surface area (Å²) in [6.07, 6.45) is 0. The Morgan fingerprint density at radius 1 is 1.00 bits per heavy atom. The molecule has 2 aromatic carbocycles. The van der Waals surface area contributed by atoms with Crippen LogP contribution < -0.4 is 10.8 Å². The molecule has 0 radical (unpaired) electrons. The molecular formula is C22H24BNO3S. The molecule has 144 valence electrons. The van der Waals surface area contributed by atoms with Crippen molar-refractivity contribution in [2.24, 2.45) is 0 Å². The third kappa shape index (κ3) is 3.60. The molecule has 1 saturated heterocycles. The molecule has 0 spiro atoms. The molecule has 4 nitrogen and oxygen atoms in total. The van der Waals surface area contributed by atoms with E-state index in [0.717, 1.165) is 26.0 Å². The number of benzene rings is 2. The van der Waals surface area contributed by atoms with E-state index in [1.54, 1.807) is 0 Å². The minimum Gasteiger partial charge on any atom is -0.399 e. The number of carbonyl (C=O) groups excluding carboxylic acids is 1. The third-order valence-corrected chi connectivity index (χ3v) is 6.69. The van der Waals surface area contributed by atoms with E-state index in [0.29, 0.717) is 6.54 Å². The maximum atomic E-state index is 12.5. The second-order valence-corrected chi connectivity index (χ2v) is 9.25. The summed E-state index contributed by atoms with van der Waals surface area (Å²) in [5.41, 5.74) is 1.24. The number of carbonyl (C=O) groups is 1. The Kier molecular flexibility index (Phi) is 4.82. The average molecular weight is 393 g/mol. The summed E-state index contributed by atoms with van der Waals surface area (Å²) < 4.78 is 13.4. The van der Waals surface area contributed by atoms with Gasteiger partial charge in [-0.15, -0.1) is 11.3 Å². The lowest BCUT2D eigenvalue weighted by molar-refractivity contribution is 0.00578. The van der Waals surface area contributed by atoms with Crippen LogP contribution in [0.5, 0.6) is 0 Å². The highest BCUT2D eigenvalue weighted by Gasteiger charge is 2.51. The molecule has 0 aliphatic carbocycles. The van der Waals surface area contributed by atoms with Crippen LogP contribution in [0.1, 0.15) is 42.9 Å². The topological polar surface area (TPSA) is 47.6 Å². The zero-order valence-corrected chi connectivity index (χ0v) is 17.4. The van der Waals surface area contributed by atoms with Gasteiger partial charge in [0.15, 0.2) is 0 Å². The Morgan fingerprint density at radius 2 is 1.71 bits per heavy atom. The molecule has 1 aromatic heterocycles. The van der Waals surface area contributed by atoms with Crippen molar-refractivity contribution in [2.75, 3.05) is 0 Å². The number of hydrogen-bond acceptors (Lipinski definition) is 4. The molecule has 1 fully saturated rings. The molecular weight excluding hydrogens is 369 g/mol. The molecule has 1 N–H and O–H groups in total. The first kappa shape index (κ1) is 19.2. The summed E-state index contributed by atoms with van der Waals surface area (Å²) in [4.78, 5) is 13.3. The molecule has 1 aliphatic heterocycles. The van der Waals surface area contributed by atoms with Gasteiger partial charge in [-0.2, -0.15) is 0 Å². The zero-order chi connectivity index (χ0) is 19.9. The van der Waals surface area contributed by atoms with Crippen molar-refractivity contribution in [3.05, 3.63) is 65.0 Å². The average Bonchev–Trinajstić information content (AvgIpc) is 3.18. The van der Waals surface area contributed by atoms with Crippen LogP contribution in [0.3, 0.4) is 0 Å². The van der Waals surface area contributed by atoms with Gasteiger partial charge in [-0.3, -0.25) is 4.79 Å². The minimum absolute atomic E-state index is 0.0535. The van der Waals surface area contributed by atoms with Crippen LogP contribution in [-0.2, 0) is 15.9 Å². The fraction of sp³-hybridized carbons (Fsp3) is 0.318. The van der Waals surface area contributed by atoms with E-state index in [4.69, 9.17) is 9.31 Å². The van der Waals surface area contributed by atoms with Crippen LogP contribution in [-0.4, -0.2) is 24.2 Å². The molecule has 28 heavy (non-hydrogen) atoms. The highest BCUT2D eigenvalue weighted by Crippen LogP contribution is 2.36. The second-order valence-electron chi connectivity index (χ2n) is 8.16. The molecule has 0 unspecified atom stereocenters.